The molecule has 0 saturated carbocycles. The van der Waals surface area contributed by atoms with Crippen LogP contribution in [0.2, 0.25) is 0 Å². The van der Waals surface area contributed by atoms with E-state index in [2.05, 4.69) is 5.32 Å². The molecule has 1 aliphatic rings. The highest BCUT2D eigenvalue weighted by Crippen LogP contribution is 2.22. The molecule has 0 aliphatic carbocycles. The summed E-state index contributed by atoms with van der Waals surface area (Å²) in [5.74, 6) is -0.434. The smallest absolute Gasteiger partial charge is 0.239 e. The highest BCUT2D eigenvalue weighted by atomic mass is 32.2. The van der Waals surface area contributed by atoms with Crippen molar-refractivity contribution < 1.29 is 12.8 Å². The standard InChI is InChI=1S/C12H17FN2O2S/c1-15(11-5-2-4-10(13)8-11)18(16,17)12-6-3-7-14-9-12/h2,4-5,8,12,14H,3,6-7,9H2,1H3. The zero-order valence-corrected chi connectivity index (χ0v) is 11.1. The Balaban J connectivity index is 2.23. The third-order valence-corrected chi connectivity index (χ3v) is 5.45. The number of hydrogen-bond acceptors (Lipinski definition) is 3. The Labute approximate surface area is 107 Å². The van der Waals surface area contributed by atoms with Crippen LogP contribution in [-0.2, 0) is 10.0 Å². The molecule has 1 heterocycles. The minimum absolute atomic E-state index is 0.362. The SMILES string of the molecule is CN(c1cccc(F)c1)S(=O)(=O)C1CCCNC1. The zero-order chi connectivity index (χ0) is 13.2. The number of hydrogen-bond donors (Lipinski definition) is 1. The van der Waals surface area contributed by atoms with E-state index in [-0.39, 0.29) is 0 Å². The summed E-state index contributed by atoms with van der Waals surface area (Å²) >= 11 is 0. The molecule has 1 aromatic carbocycles. The molecule has 4 nitrogen and oxygen atoms in total. The normalized spacial score (nSPS) is 20.7. The summed E-state index contributed by atoms with van der Waals surface area (Å²) in [6.07, 6.45) is 1.50. The first-order valence-electron chi connectivity index (χ1n) is 5.96. The van der Waals surface area contributed by atoms with Gasteiger partial charge in [-0.25, -0.2) is 12.8 Å². The van der Waals surface area contributed by atoms with Gasteiger partial charge in [-0.1, -0.05) is 6.07 Å². The van der Waals surface area contributed by atoms with Crippen molar-refractivity contribution in [2.75, 3.05) is 24.4 Å². The van der Waals surface area contributed by atoms with Crippen LogP contribution in [-0.4, -0.2) is 33.8 Å². The number of piperidine rings is 1. The highest BCUT2D eigenvalue weighted by molar-refractivity contribution is 7.93. The van der Waals surface area contributed by atoms with Crippen LogP contribution in [0.5, 0.6) is 0 Å². The van der Waals surface area contributed by atoms with Gasteiger partial charge in [0.25, 0.3) is 0 Å². The summed E-state index contributed by atoms with van der Waals surface area (Å²) in [5.41, 5.74) is 0.362. The van der Waals surface area contributed by atoms with E-state index in [1.807, 2.05) is 0 Å². The van der Waals surface area contributed by atoms with Gasteiger partial charge in [-0.15, -0.1) is 0 Å². The summed E-state index contributed by atoms with van der Waals surface area (Å²) in [7, 11) is -1.96. The van der Waals surface area contributed by atoms with E-state index in [1.54, 1.807) is 6.07 Å². The fourth-order valence-electron chi connectivity index (χ4n) is 2.12. The van der Waals surface area contributed by atoms with Crippen LogP contribution in [0.25, 0.3) is 0 Å². The van der Waals surface area contributed by atoms with Crippen LogP contribution in [0.15, 0.2) is 24.3 Å². The molecular formula is C12H17FN2O2S. The molecule has 1 atom stereocenters. The van der Waals surface area contributed by atoms with Gasteiger partial charge in [-0.2, -0.15) is 0 Å². The van der Waals surface area contributed by atoms with E-state index in [0.29, 0.717) is 18.7 Å². The molecule has 0 amide bonds. The average Bonchev–Trinajstić information content (AvgIpc) is 2.39. The quantitative estimate of drug-likeness (QED) is 0.903. The monoisotopic (exact) mass is 272 g/mol. The van der Waals surface area contributed by atoms with Gasteiger partial charge < -0.3 is 5.32 Å². The fraction of sp³-hybridized carbons (Fsp3) is 0.500. The second-order valence-corrected chi connectivity index (χ2v) is 6.71. The Kier molecular flexibility index (Phi) is 3.87. The molecule has 1 unspecified atom stereocenters. The number of rotatable bonds is 3. The van der Waals surface area contributed by atoms with E-state index in [9.17, 15) is 12.8 Å². The summed E-state index contributed by atoms with van der Waals surface area (Å²) in [4.78, 5) is 0. The van der Waals surface area contributed by atoms with Crippen molar-refractivity contribution in [3.63, 3.8) is 0 Å². The first-order valence-corrected chi connectivity index (χ1v) is 7.46. The predicted octanol–water partition coefficient (Wildman–Crippen LogP) is 1.34. The van der Waals surface area contributed by atoms with Gasteiger partial charge in [0.05, 0.1) is 10.9 Å². The first kappa shape index (κ1) is 13.3. The number of nitrogens with zero attached hydrogens (tertiary/aromatic N) is 1. The van der Waals surface area contributed by atoms with E-state index < -0.39 is 21.1 Å². The van der Waals surface area contributed by atoms with E-state index >= 15 is 0 Å². The maximum atomic E-state index is 13.1. The van der Waals surface area contributed by atoms with E-state index in [0.717, 1.165) is 13.0 Å². The molecule has 1 fully saturated rings. The van der Waals surface area contributed by atoms with Crippen LogP contribution in [0.4, 0.5) is 10.1 Å². The Bertz CT molecular complexity index is 513. The van der Waals surface area contributed by atoms with Crippen molar-refractivity contribution in [3.8, 4) is 0 Å². The van der Waals surface area contributed by atoms with Gasteiger partial charge >= 0.3 is 0 Å². The molecule has 1 aliphatic heterocycles. The van der Waals surface area contributed by atoms with Crippen molar-refractivity contribution in [2.24, 2.45) is 0 Å². The summed E-state index contributed by atoms with van der Waals surface area (Å²) in [5, 5.41) is 2.65. The first-order chi connectivity index (χ1) is 8.51. The Morgan fingerprint density at radius 2 is 2.22 bits per heavy atom. The van der Waals surface area contributed by atoms with E-state index in [4.69, 9.17) is 0 Å². The molecule has 1 saturated heterocycles. The minimum Gasteiger partial charge on any atom is -0.315 e. The second-order valence-electron chi connectivity index (χ2n) is 4.46. The van der Waals surface area contributed by atoms with Gasteiger partial charge in [-0.05, 0) is 37.6 Å². The van der Waals surface area contributed by atoms with Gasteiger partial charge in [0, 0.05) is 13.6 Å². The molecule has 18 heavy (non-hydrogen) atoms. The maximum Gasteiger partial charge on any atom is 0.239 e. The second kappa shape index (κ2) is 5.24. The molecule has 0 spiro atoms. The summed E-state index contributed by atoms with van der Waals surface area (Å²) < 4.78 is 39.0. The predicted molar refractivity (Wildman–Crippen MR) is 69.6 cm³/mol. The van der Waals surface area contributed by atoms with Crippen molar-refractivity contribution in [1.29, 1.82) is 0 Å². The topological polar surface area (TPSA) is 49.4 Å². The van der Waals surface area contributed by atoms with Gasteiger partial charge in [0.2, 0.25) is 10.0 Å². The van der Waals surface area contributed by atoms with Gasteiger partial charge in [-0.3, -0.25) is 4.31 Å². The number of nitrogens with one attached hydrogen (secondary N) is 1. The molecule has 100 valence electrons. The van der Waals surface area contributed by atoms with Crippen LogP contribution in [0, 0.1) is 5.82 Å². The molecule has 1 N–H and O–H groups in total. The lowest BCUT2D eigenvalue weighted by atomic mass is 10.2. The minimum atomic E-state index is -3.43. The Hall–Kier alpha value is -1.14. The average molecular weight is 272 g/mol. The van der Waals surface area contributed by atoms with Crippen molar-refractivity contribution in [3.05, 3.63) is 30.1 Å². The third-order valence-electron chi connectivity index (χ3n) is 3.23. The zero-order valence-electron chi connectivity index (χ0n) is 10.3. The third kappa shape index (κ3) is 2.64. The van der Waals surface area contributed by atoms with Gasteiger partial charge in [0.1, 0.15) is 5.82 Å². The molecular weight excluding hydrogens is 255 g/mol. The van der Waals surface area contributed by atoms with Crippen LogP contribution < -0.4 is 9.62 Å². The lowest BCUT2D eigenvalue weighted by Crippen LogP contribution is -2.45. The largest absolute Gasteiger partial charge is 0.315 e. The molecule has 2 rings (SSSR count). The summed E-state index contributed by atoms with van der Waals surface area (Å²) in [6, 6.07) is 5.63. The molecule has 0 radical (unpaired) electrons. The lowest BCUT2D eigenvalue weighted by molar-refractivity contribution is 0.496. The van der Waals surface area contributed by atoms with Crippen LogP contribution in [0.3, 0.4) is 0 Å². The van der Waals surface area contributed by atoms with E-state index in [1.165, 1.54) is 29.6 Å². The summed E-state index contributed by atoms with van der Waals surface area (Å²) in [6.45, 7) is 1.32. The number of anilines is 1. The van der Waals surface area contributed by atoms with Crippen molar-refractivity contribution in [1.82, 2.24) is 5.32 Å². The lowest BCUT2D eigenvalue weighted by Gasteiger charge is -2.28. The molecule has 0 aromatic heterocycles. The molecule has 0 bridgehead atoms. The number of halogens is 1. The Morgan fingerprint density at radius 3 is 2.83 bits per heavy atom. The Morgan fingerprint density at radius 1 is 1.44 bits per heavy atom. The molecule has 6 heteroatoms. The van der Waals surface area contributed by atoms with Crippen LogP contribution in [0.1, 0.15) is 12.8 Å². The van der Waals surface area contributed by atoms with Gasteiger partial charge in [0.15, 0.2) is 0 Å². The fourth-order valence-corrected chi connectivity index (χ4v) is 3.76. The number of sulfonamides is 1. The van der Waals surface area contributed by atoms with Crippen molar-refractivity contribution in [2.45, 2.75) is 18.1 Å². The molecule has 1 aromatic rings. The number of benzene rings is 1. The maximum absolute atomic E-state index is 13.1. The van der Waals surface area contributed by atoms with Crippen molar-refractivity contribution >= 4 is 15.7 Å². The van der Waals surface area contributed by atoms with Crippen LogP contribution >= 0.6 is 0 Å². The highest BCUT2D eigenvalue weighted by Gasteiger charge is 2.31.